The maximum atomic E-state index is 13.9. The van der Waals surface area contributed by atoms with Gasteiger partial charge in [0.1, 0.15) is 5.84 Å². The molecule has 1 heterocycles. The number of anilines is 1. The van der Waals surface area contributed by atoms with Gasteiger partial charge in [-0.25, -0.2) is 18.5 Å². The molecule has 2 aromatic carbocycles. The molecular formula is C16H14F2N4O. The molecule has 1 atom stereocenters. The molecule has 0 fully saturated rings. The van der Waals surface area contributed by atoms with Gasteiger partial charge in [0.15, 0.2) is 11.6 Å². The summed E-state index contributed by atoms with van der Waals surface area (Å²) in [5.41, 5.74) is 12.8. The average molecular weight is 316 g/mol. The number of rotatable bonds is 1. The highest BCUT2D eigenvalue weighted by Crippen LogP contribution is 2.33. The van der Waals surface area contributed by atoms with Crippen molar-refractivity contribution in [3.05, 3.63) is 53.6 Å². The van der Waals surface area contributed by atoms with Crippen molar-refractivity contribution in [2.24, 2.45) is 11.5 Å². The summed E-state index contributed by atoms with van der Waals surface area (Å²) < 4.78 is 27.3. The van der Waals surface area contributed by atoms with E-state index in [4.69, 9.17) is 16.9 Å². The Kier molecular flexibility index (Phi) is 3.57. The SMILES string of the molecule is N=C1C(N)Cc2cc(-c3cccc(F)c3F)ccc2N1C(N)=O. The maximum Gasteiger partial charge on any atom is 0.324 e. The summed E-state index contributed by atoms with van der Waals surface area (Å²) >= 11 is 0. The molecule has 5 N–H and O–H groups in total. The number of carbonyl (C=O) groups excluding carboxylic acids is 1. The smallest absolute Gasteiger partial charge is 0.324 e. The Balaban J connectivity index is 2.13. The molecule has 118 valence electrons. The number of nitrogens with two attached hydrogens (primary N) is 2. The first-order valence-electron chi connectivity index (χ1n) is 6.91. The van der Waals surface area contributed by atoms with Crippen LogP contribution in [0.5, 0.6) is 0 Å². The lowest BCUT2D eigenvalue weighted by atomic mass is 9.93. The zero-order valence-corrected chi connectivity index (χ0v) is 12.0. The van der Waals surface area contributed by atoms with Gasteiger partial charge in [-0.2, -0.15) is 0 Å². The standard InChI is InChI=1S/C16H14F2N4O/c17-11-3-1-2-10(14(11)18)8-4-5-13-9(6-8)7-12(19)15(20)22(13)16(21)23/h1-6,12,20H,7,19H2,(H2,21,23). The predicted octanol–water partition coefficient (Wildman–Crippen LogP) is 2.38. The Bertz CT molecular complexity index is 822. The summed E-state index contributed by atoms with van der Waals surface area (Å²) in [6, 6.07) is 7.18. The molecule has 5 nitrogen and oxygen atoms in total. The second-order valence-electron chi connectivity index (χ2n) is 5.31. The van der Waals surface area contributed by atoms with Crippen LogP contribution in [0, 0.1) is 17.0 Å². The predicted molar refractivity (Wildman–Crippen MR) is 83.3 cm³/mol. The van der Waals surface area contributed by atoms with E-state index in [1.165, 1.54) is 12.1 Å². The second kappa shape index (κ2) is 5.44. The Hall–Kier alpha value is -2.80. The highest BCUT2D eigenvalue weighted by Gasteiger charge is 2.31. The number of fused-ring (bicyclic) bond motifs is 1. The number of halogens is 2. The third-order valence-corrected chi connectivity index (χ3v) is 3.84. The van der Waals surface area contributed by atoms with Crippen LogP contribution in [0.1, 0.15) is 5.56 Å². The van der Waals surface area contributed by atoms with Crippen LogP contribution in [-0.4, -0.2) is 17.9 Å². The summed E-state index contributed by atoms with van der Waals surface area (Å²) in [6.45, 7) is 0. The lowest BCUT2D eigenvalue weighted by Crippen LogP contribution is -2.52. The fraction of sp³-hybridized carbons (Fsp3) is 0.125. The Morgan fingerprint density at radius 1 is 1.26 bits per heavy atom. The van der Waals surface area contributed by atoms with Crippen molar-refractivity contribution in [1.29, 1.82) is 5.41 Å². The van der Waals surface area contributed by atoms with Crippen LogP contribution < -0.4 is 16.4 Å². The molecule has 1 aliphatic rings. The van der Waals surface area contributed by atoms with Crippen LogP contribution in [0.25, 0.3) is 11.1 Å². The summed E-state index contributed by atoms with van der Waals surface area (Å²) in [6.07, 6.45) is 0.308. The van der Waals surface area contributed by atoms with E-state index in [0.29, 0.717) is 23.2 Å². The first-order chi connectivity index (χ1) is 10.9. The van der Waals surface area contributed by atoms with E-state index in [1.54, 1.807) is 18.2 Å². The Morgan fingerprint density at radius 3 is 2.70 bits per heavy atom. The molecular weight excluding hydrogens is 302 g/mol. The number of benzene rings is 2. The highest BCUT2D eigenvalue weighted by molar-refractivity contribution is 6.18. The number of hydrogen-bond acceptors (Lipinski definition) is 3. The molecule has 0 saturated carbocycles. The van der Waals surface area contributed by atoms with E-state index in [2.05, 4.69) is 0 Å². The largest absolute Gasteiger partial charge is 0.351 e. The van der Waals surface area contributed by atoms with Crippen LogP contribution in [0.4, 0.5) is 19.3 Å². The van der Waals surface area contributed by atoms with Gasteiger partial charge in [-0.1, -0.05) is 18.2 Å². The molecule has 23 heavy (non-hydrogen) atoms. The summed E-state index contributed by atoms with van der Waals surface area (Å²) in [5.74, 6) is -1.96. The number of hydrogen-bond donors (Lipinski definition) is 3. The molecule has 0 aliphatic carbocycles. The van der Waals surface area contributed by atoms with Gasteiger partial charge in [0.05, 0.1) is 11.7 Å². The van der Waals surface area contributed by atoms with Crippen molar-refractivity contribution >= 4 is 17.6 Å². The van der Waals surface area contributed by atoms with Crippen molar-refractivity contribution < 1.29 is 13.6 Å². The number of primary amides is 1. The molecule has 7 heteroatoms. The van der Waals surface area contributed by atoms with Gasteiger partial charge in [0, 0.05) is 5.56 Å². The van der Waals surface area contributed by atoms with Crippen LogP contribution >= 0.6 is 0 Å². The molecule has 0 spiro atoms. The van der Waals surface area contributed by atoms with E-state index >= 15 is 0 Å². The van der Waals surface area contributed by atoms with Crippen molar-refractivity contribution in [1.82, 2.24) is 0 Å². The molecule has 1 aliphatic heterocycles. The monoisotopic (exact) mass is 316 g/mol. The third-order valence-electron chi connectivity index (χ3n) is 3.84. The lowest BCUT2D eigenvalue weighted by Gasteiger charge is -2.32. The van der Waals surface area contributed by atoms with Crippen molar-refractivity contribution in [2.45, 2.75) is 12.5 Å². The van der Waals surface area contributed by atoms with E-state index in [1.807, 2.05) is 0 Å². The molecule has 0 saturated heterocycles. The zero-order valence-electron chi connectivity index (χ0n) is 12.0. The van der Waals surface area contributed by atoms with Gasteiger partial charge in [0.2, 0.25) is 0 Å². The minimum atomic E-state index is -0.938. The van der Waals surface area contributed by atoms with Gasteiger partial charge in [-0.15, -0.1) is 0 Å². The van der Waals surface area contributed by atoms with Crippen LogP contribution in [0.2, 0.25) is 0 Å². The average Bonchev–Trinajstić information content (AvgIpc) is 2.50. The first kappa shape index (κ1) is 15.1. The first-order valence-corrected chi connectivity index (χ1v) is 6.91. The fourth-order valence-corrected chi connectivity index (χ4v) is 2.73. The summed E-state index contributed by atoms with van der Waals surface area (Å²) in [5, 5.41) is 7.88. The highest BCUT2D eigenvalue weighted by atomic mass is 19.2. The number of nitrogens with one attached hydrogen (secondary N) is 1. The van der Waals surface area contributed by atoms with Crippen molar-refractivity contribution in [3.8, 4) is 11.1 Å². The van der Waals surface area contributed by atoms with E-state index in [0.717, 1.165) is 11.0 Å². The normalized spacial score (nSPS) is 17.1. The number of carbonyl (C=O) groups is 1. The fourth-order valence-electron chi connectivity index (χ4n) is 2.73. The maximum absolute atomic E-state index is 13.9. The molecule has 2 aromatic rings. The van der Waals surface area contributed by atoms with Crippen molar-refractivity contribution in [2.75, 3.05) is 4.90 Å². The zero-order chi connectivity index (χ0) is 16.7. The van der Waals surface area contributed by atoms with Crippen LogP contribution in [-0.2, 0) is 6.42 Å². The van der Waals surface area contributed by atoms with E-state index in [9.17, 15) is 13.6 Å². The second-order valence-corrected chi connectivity index (χ2v) is 5.31. The topological polar surface area (TPSA) is 96.2 Å². The van der Waals surface area contributed by atoms with Gasteiger partial charge in [0.25, 0.3) is 0 Å². The molecule has 0 bridgehead atoms. The minimum absolute atomic E-state index is 0.0883. The quantitative estimate of drug-likeness (QED) is 0.753. The molecule has 2 amide bonds. The van der Waals surface area contributed by atoms with Crippen LogP contribution in [0.15, 0.2) is 36.4 Å². The Labute approximate surface area is 131 Å². The molecule has 1 unspecified atom stereocenters. The van der Waals surface area contributed by atoms with Gasteiger partial charge < -0.3 is 11.5 Å². The van der Waals surface area contributed by atoms with Gasteiger partial charge >= 0.3 is 6.03 Å². The van der Waals surface area contributed by atoms with Crippen molar-refractivity contribution in [3.63, 3.8) is 0 Å². The number of nitrogens with zero attached hydrogens (tertiary/aromatic N) is 1. The van der Waals surface area contributed by atoms with Gasteiger partial charge in [-0.05, 0) is 35.7 Å². The van der Waals surface area contributed by atoms with Gasteiger partial charge in [-0.3, -0.25) is 5.41 Å². The summed E-state index contributed by atoms with van der Waals surface area (Å²) in [4.78, 5) is 12.6. The van der Waals surface area contributed by atoms with E-state index in [-0.39, 0.29) is 11.4 Å². The third kappa shape index (κ3) is 2.44. The van der Waals surface area contributed by atoms with E-state index < -0.39 is 23.7 Å². The summed E-state index contributed by atoms with van der Waals surface area (Å²) in [7, 11) is 0. The molecule has 3 rings (SSSR count). The molecule has 0 aromatic heterocycles. The Morgan fingerprint density at radius 2 is 2.00 bits per heavy atom. The minimum Gasteiger partial charge on any atom is -0.351 e. The number of urea groups is 1. The lowest BCUT2D eigenvalue weighted by molar-refractivity contribution is 0.256. The number of amides is 2. The number of amidine groups is 1. The molecule has 0 radical (unpaired) electrons. The van der Waals surface area contributed by atoms with Crippen LogP contribution in [0.3, 0.4) is 0 Å².